The summed E-state index contributed by atoms with van der Waals surface area (Å²) in [6.07, 6.45) is -0.362. The van der Waals surface area contributed by atoms with Crippen molar-refractivity contribution in [2.24, 2.45) is 11.3 Å². The molecule has 1 fully saturated rings. The number of nitrogens with zero attached hydrogens (tertiary/aromatic N) is 1. The molecule has 1 saturated carbocycles. The highest BCUT2D eigenvalue weighted by Crippen LogP contribution is 2.48. The number of aryl methyl sites for hydroxylation is 1. The molecule has 6 nitrogen and oxygen atoms in total. The molecule has 0 bridgehead atoms. The molecule has 1 unspecified atom stereocenters. The normalized spacial score (nSPS) is 20.2. The Morgan fingerprint density at radius 3 is 2.26 bits per heavy atom. The van der Waals surface area contributed by atoms with Crippen LogP contribution < -0.4 is 4.72 Å². The van der Waals surface area contributed by atoms with Gasteiger partial charge in [-0.05, 0) is 65.8 Å². The molecule has 1 aliphatic carbocycles. The van der Waals surface area contributed by atoms with E-state index in [0.29, 0.717) is 36.4 Å². The number of Topliss-reactive ketones (excluding diaryl/α,β-unsaturated/α-hetero) is 2. The van der Waals surface area contributed by atoms with Gasteiger partial charge in [0.25, 0.3) is 10.0 Å². The maximum absolute atomic E-state index is 13.8. The summed E-state index contributed by atoms with van der Waals surface area (Å²) < 4.78 is 66.8. The lowest BCUT2D eigenvalue weighted by Crippen LogP contribution is -2.43. The Morgan fingerprint density at radius 2 is 1.67 bits per heavy atom. The Bertz CT molecular complexity index is 1510. The lowest BCUT2D eigenvalue weighted by atomic mass is 9.63. The second kappa shape index (κ2) is 13.6. The summed E-state index contributed by atoms with van der Waals surface area (Å²) in [7, 11) is -4.30. The number of rotatable bonds is 12. The van der Waals surface area contributed by atoms with Crippen molar-refractivity contribution < 1.29 is 31.2 Å². The van der Waals surface area contributed by atoms with Crippen molar-refractivity contribution in [2.75, 3.05) is 10.5 Å². The van der Waals surface area contributed by atoms with Crippen LogP contribution in [0.15, 0.2) is 78.0 Å². The summed E-state index contributed by atoms with van der Waals surface area (Å²) in [6.45, 7) is 3.99. The molecule has 1 aliphatic rings. The van der Waals surface area contributed by atoms with Gasteiger partial charge in [-0.1, -0.05) is 62.7 Å². The summed E-state index contributed by atoms with van der Waals surface area (Å²) in [5.74, 6) is -0.413. The first-order chi connectivity index (χ1) is 20.4. The summed E-state index contributed by atoms with van der Waals surface area (Å²) in [5, 5.41) is -1.07. The highest BCUT2D eigenvalue weighted by atomic mass is 32.2. The van der Waals surface area contributed by atoms with Crippen LogP contribution in [-0.4, -0.2) is 30.7 Å². The zero-order valence-corrected chi connectivity index (χ0v) is 25.7. The van der Waals surface area contributed by atoms with Gasteiger partial charge in [0.2, 0.25) is 0 Å². The number of aromatic nitrogens is 1. The van der Waals surface area contributed by atoms with E-state index >= 15 is 0 Å². The van der Waals surface area contributed by atoms with E-state index in [-0.39, 0.29) is 22.7 Å². The third-order valence-electron chi connectivity index (χ3n) is 7.81. The van der Waals surface area contributed by atoms with Gasteiger partial charge in [-0.3, -0.25) is 14.3 Å². The molecule has 11 heteroatoms. The fourth-order valence-corrected chi connectivity index (χ4v) is 8.03. The SMILES string of the molecule is CCCC1(CCc2ccccc2)CC(=O)C(C(SCC)c2cccc(NS(=O)(=O)c3ccc(C(F)(F)F)cn3)c2)C(=O)C1. The van der Waals surface area contributed by atoms with Crippen LogP contribution in [0.5, 0.6) is 0 Å². The van der Waals surface area contributed by atoms with Gasteiger partial charge in [-0.2, -0.15) is 33.4 Å². The Balaban J connectivity index is 1.55. The Labute approximate surface area is 254 Å². The first-order valence-electron chi connectivity index (χ1n) is 14.2. The highest BCUT2D eigenvalue weighted by molar-refractivity contribution is 7.99. The zero-order chi connectivity index (χ0) is 31.3. The van der Waals surface area contributed by atoms with Crippen molar-refractivity contribution in [3.63, 3.8) is 0 Å². The maximum Gasteiger partial charge on any atom is 0.417 e. The lowest BCUT2D eigenvalue weighted by Gasteiger charge is -2.40. The molecule has 2 aromatic carbocycles. The molecule has 4 rings (SSSR count). The van der Waals surface area contributed by atoms with Crippen molar-refractivity contribution in [3.05, 3.63) is 89.6 Å². The molecular formula is C32H35F3N2O4S2. The van der Waals surface area contributed by atoms with Crippen molar-refractivity contribution in [3.8, 4) is 0 Å². The van der Waals surface area contributed by atoms with Crippen LogP contribution in [0, 0.1) is 11.3 Å². The molecule has 0 aliphatic heterocycles. The van der Waals surface area contributed by atoms with Gasteiger partial charge >= 0.3 is 6.18 Å². The van der Waals surface area contributed by atoms with Crippen LogP contribution in [-0.2, 0) is 32.2 Å². The summed E-state index contributed by atoms with van der Waals surface area (Å²) in [6, 6.07) is 17.9. The van der Waals surface area contributed by atoms with E-state index in [1.165, 1.54) is 23.4 Å². The standard InChI is InChI=1S/C32H35F3N2O4S2/c1-3-16-31(17-15-22-9-6-5-7-10-22)19-26(38)29(27(39)20-31)30(42-4-2)23-11-8-12-25(18-23)37-43(40,41)28-14-13-24(21-36-28)32(33,34)35/h5-14,18,21,29-30,37H,3-4,15-17,19-20H2,1-2H3. The number of halogens is 3. The molecular weight excluding hydrogens is 597 g/mol. The van der Waals surface area contributed by atoms with Crippen molar-refractivity contribution in [1.82, 2.24) is 4.98 Å². The molecule has 230 valence electrons. The molecule has 1 aromatic heterocycles. The van der Waals surface area contributed by atoms with E-state index in [9.17, 15) is 31.2 Å². The smallest absolute Gasteiger partial charge is 0.299 e. The van der Waals surface area contributed by atoms with Gasteiger partial charge in [-0.15, -0.1) is 0 Å². The second-order valence-electron chi connectivity index (χ2n) is 11.0. The Morgan fingerprint density at radius 1 is 0.977 bits per heavy atom. The molecule has 1 N–H and O–H groups in total. The van der Waals surface area contributed by atoms with Crippen LogP contribution in [0.4, 0.5) is 18.9 Å². The minimum Gasteiger partial charge on any atom is -0.299 e. The molecule has 0 saturated heterocycles. The predicted octanol–water partition coefficient (Wildman–Crippen LogP) is 7.66. The van der Waals surface area contributed by atoms with E-state index < -0.39 is 38.0 Å². The van der Waals surface area contributed by atoms with Crippen LogP contribution in [0.2, 0.25) is 0 Å². The molecule has 0 radical (unpaired) electrons. The molecule has 1 atom stereocenters. The molecule has 1 heterocycles. The number of carbonyl (C=O) groups excluding carboxylic acids is 2. The van der Waals surface area contributed by atoms with E-state index in [0.717, 1.165) is 31.7 Å². The summed E-state index contributed by atoms with van der Waals surface area (Å²) in [4.78, 5) is 31.0. The quantitative estimate of drug-likeness (QED) is 0.206. The average molecular weight is 633 g/mol. The fourth-order valence-electron chi connectivity index (χ4n) is 5.86. The average Bonchev–Trinajstić information content (AvgIpc) is 2.96. The lowest BCUT2D eigenvalue weighted by molar-refractivity contribution is -0.141. The second-order valence-corrected chi connectivity index (χ2v) is 14.0. The van der Waals surface area contributed by atoms with Crippen LogP contribution in [0.1, 0.15) is 67.9 Å². The van der Waals surface area contributed by atoms with E-state index in [2.05, 4.69) is 28.8 Å². The number of sulfonamides is 1. The Hall–Kier alpha value is -3.18. The number of ketones is 2. The number of pyridine rings is 1. The van der Waals surface area contributed by atoms with Gasteiger partial charge in [0, 0.05) is 30.0 Å². The van der Waals surface area contributed by atoms with Crippen molar-refractivity contribution >= 4 is 39.0 Å². The molecule has 0 spiro atoms. The number of hydrogen-bond acceptors (Lipinski definition) is 6. The van der Waals surface area contributed by atoms with Gasteiger partial charge in [-0.25, -0.2) is 4.98 Å². The zero-order valence-electron chi connectivity index (χ0n) is 24.1. The fraction of sp³-hybridized carbons (Fsp3) is 0.406. The first kappa shape index (κ1) is 32.7. The summed E-state index contributed by atoms with van der Waals surface area (Å²) in [5.41, 5.74) is 0.497. The van der Waals surface area contributed by atoms with Crippen LogP contribution in [0.3, 0.4) is 0 Å². The third-order valence-corrected chi connectivity index (χ3v) is 10.3. The number of thioether (sulfide) groups is 1. The number of nitrogens with one attached hydrogen (secondary N) is 1. The number of benzene rings is 2. The number of hydrogen-bond donors (Lipinski definition) is 1. The minimum absolute atomic E-state index is 0.0938. The maximum atomic E-state index is 13.8. The van der Waals surface area contributed by atoms with Crippen LogP contribution in [0.25, 0.3) is 0 Å². The van der Waals surface area contributed by atoms with Gasteiger partial charge in [0.05, 0.1) is 11.5 Å². The van der Waals surface area contributed by atoms with Gasteiger partial charge in [0.15, 0.2) is 5.03 Å². The van der Waals surface area contributed by atoms with Gasteiger partial charge < -0.3 is 0 Å². The molecule has 43 heavy (non-hydrogen) atoms. The van der Waals surface area contributed by atoms with E-state index in [4.69, 9.17) is 0 Å². The van der Waals surface area contributed by atoms with Crippen LogP contribution >= 0.6 is 11.8 Å². The number of anilines is 1. The minimum atomic E-state index is -4.64. The third kappa shape index (κ3) is 8.06. The van der Waals surface area contributed by atoms with Crippen molar-refractivity contribution in [1.29, 1.82) is 0 Å². The van der Waals surface area contributed by atoms with Crippen molar-refractivity contribution in [2.45, 2.75) is 68.8 Å². The van der Waals surface area contributed by atoms with E-state index in [1.54, 1.807) is 18.2 Å². The first-order valence-corrected chi connectivity index (χ1v) is 16.8. The van der Waals surface area contributed by atoms with Gasteiger partial charge in [0.1, 0.15) is 11.6 Å². The Kier molecular flexibility index (Phi) is 10.4. The largest absolute Gasteiger partial charge is 0.417 e. The summed E-state index contributed by atoms with van der Waals surface area (Å²) >= 11 is 1.46. The number of alkyl halides is 3. The molecule has 0 amide bonds. The molecule has 3 aromatic rings. The predicted molar refractivity (Wildman–Crippen MR) is 162 cm³/mol. The number of carbonyl (C=O) groups is 2. The van der Waals surface area contributed by atoms with E-state index in [1.807, 2.05) is 25.1 Å². The topological polar surface area (TPSA) is 93.2 Å². The monoisotopic (exact) mass is 632 g/mol. The highest BCUT2D eigenvalue weighted by Gasteiger charge is 2.47.